The molecule has 148 valence electrons. The summed E-state index contributed by atoms with van der Waals surface area (Å²) in [6, 6.07) is 0.239. The summed E-state index contributed by atoms with van der Waals surface area (Å²) in [5, 5.41) is 3.29. The predicted octanol–water partition coefficient (Wildman–Crippen LogP) is 3.22. The molecule has 0 unspecified atom stereocenters. The van der Waals surface area contributed by atoms with Crippen LogP contribution in [-0.4, -0.2) is 53.5 Å². The Balaban J connectivity index is 0.00000156. The van der Waals surface area contributed by atoms with Gasteiger partial charge in [-0.25, -0.2) is 0 Å². The van der Waals surface area contributed by atoms with Crippen LogP contribution >= 0.6 is 36.6 Å². The van der Waals surface area contributed by atoms with Crippen molar-refractivity contribution in [1.29, 1.82) is 0 Å². The standard InChI is InChI=1S/C18H33N3OS.2ClH/c19-16-6-4-5-15(16)13-17(22)20-14-18(7-2-1-3-8-18)21-9-11-23-12-10-21;;/h15-16H,1-14,19H2,(H,20,22);2*1H/t15-,16+;;/m0../s1. The molecule has 2 atom stereocenters. The Hall–Kier alpha value is 0.320. The van der Waals surface area contributed by atoms with Crippen molar-refractivity contribution in [2.45, 2.75) is 69.4 Å². The SMILES string of the molecule is Cl.Cl.N[C@@H]1CCC[C@H]1CC(=O)NCC1(N2CCSCC2)CCCCC1. The zero-order valence-electron chi connectivity index (χ0n) is 15.2. The van der Waals surface area contributed by atoms with E-state index in [0.29, 0.717) is 12.3 Å². The van der Waals surface area contributed by atoms with Crippen LogP contribution in [0.2, 0.25) is 0 Å². The zero-order chi connectivity index (χ0) is 16.1. The van der Waals surface area contributed by atoms with Crippen LogP contribution in [0.4, 0.5) is 0 Å². The fourth-order valence-electron chi connectivity index (χ4n) is 4.74. The summed E-state index contributed by atoms with van der Waals surface area (Å²) in [6.07, 6.45) is 10.5. The Morgan fingerprint density at radius 3 is 2.36 bits per heavy atom. The first-order valence-electron chi connectivity index (χ1n) is 9.55. The second-order valence-corrected chi connectivity index (χ2v) is 8.94. The highest BCUT2D eigenvalue weighted by Gasteiger charge is 2.39. The lowest BCUT2D eigenvalue weighted by atomic mass is 9.80. The average molecular weight is 412 g/mol. The van der Waals surface area contributed by atoms with Crippen LogP contribution in [0.15, 0.2) is 0 Å². The molecule has 2 saturated carbocycles. The predicted molar refractivity (Wildman–Crippen MR) is 112 cm³/mol. The van der Waals surface area contributed by atoms with Gasteiger partial charge in [-0.05, 0) is 31.6 Å². The molecule has 2 aliphatic carbocycles. The highest BCUT2D eigenvalue weighted by atomic mass is 35.5. The van der Waals surface area contributed by atoms with Crippen molar-refractivity contribution in [2.24, 2.45) is 11.7 Å². The molecule has 0 spiro atoms. The van der Waals surface area contributed by atoms with E-state index in [1.165, 1.54) is 63.1 Å². The highest BCUT2D eigenvalue weighted by molar-refractivity contribution is 7.99. The van der Waals surface area contributed by atoms with E-state index in [9.17, 15) is 4.79 Å². The number of hydrogen-bond donors (Lipinski definition) is 2. The molecule has 25 heavy (non-hydrogen) atoms. The molecule has 1 amide bonds. The van der Waals surface area contributed by atoms with Crippen LogP contribution < -0.4 is 11.1 Å². The summed E-state index contributed by atoms with van der Waals surface area (Å²) in [5.41, 5.74) is 6.35. The molecule has 4 nitrogen and oxygen atoms in total. The minimum Gasteiger partial charge on any atom is -0.354 e. The molecule has 0 aromatic heterocycles. The second kappa shape index (κ2) is 11.2. The molecular formula is C18H35Cl2N3OS. The van der Waals surface area contributed by atoms with Crippen molar-refractivity contribution >= 4 is 42.5 Å². The summed E-state index contributed by atoms with van der Waals surface area (Å²) >= 11 is 2.06. The van der Waals surface area contributed by atoms with Gasteiger partial charge in [0.1, 0.15) is 0 Å². The van der Waals surface area contributed by atoms with E-state index in [0.717, 1.165) is 19.4 Å². The molecular weight excluding hydrogens is 377 g/mol. The average Bonchev–Trinajstić information content (AvgIpc) is 2.99. The number of halogens is 2. The number of amides is 1. The van der Waals surface area contributed by atoms with Crippen LogP contribution in [0.25, 0.3) is 0 Å². The number of nitrogens with two attached hydrogens (primary N) is 1. The maximum Gasteiger partial charge on any atom is 0.220 e. The molecule has 3 rings (SSSR count). The van der Waals surface area contributed by atoms with Crippen LogP contribution in [0, 0.1) is 5.92 Å². The molecule has 7 heteroatoms. The van der Waals surface area contributed by atoms with Gasteiger partial charge in [0.2, 0.25) is 5.91 Å². The number of nitrogens with zero attached hydrogens (tertiary/aromatic N) is 1. The molecule has 1 aliphatic heterocycles. The number of rotatable bonds is 5. The third-order valence-corrected chi connectivity index (χ3v) is 7.19. The lowest BCUT2D eigenvalue weighted by Crippen LogP contribution is -2.59. The van der Waals surface area contributed by atoms with E-state index in [4.69, 9.17) is 5.73 Å². The lowest BCUT2D eigenvalue weighted by Gasteiger charge is -2.48. The van der Waals surface area contributed by atoms with Crippen molar-refractivity contribution in [3.8, 4) is 0 Å². The molecule has 0 bridgehead atoms. The van der Waals surface area contributed by atoms with Gasteiger partial charge in [-0.1, -0.05) is 25.7 Å². The first-order valence-corrected chi connectivity index (χ1v) is 10.7. The van der Waals surface area contributed by atoms with Gasteiger partial charge in [-0.3, -0.25) is 9.69 Å². The highest BCUT2D eigenvalue weighted by Crippen LogP contribution is 2.35. The van der Waals surface area contributed by atoms with Gasteiger partial charge in [0, 0.05) is 49.1 Å². The normalized spacial score (nSPS) is 29.3. The summed E-state index contributed by atoms with van der Waals surface area (Å²) in [7, 11) is 0. The quantitative estimate of drug-likeness (QED) is 0.728. The minimum atomic E-state index is 0. The van der Waals surface area contributed by atoms with E-state index < -0.39 is 0 Å². The summed E-state index contributed by atoms with van der Waals surface area (Å²) < 4.78 is 0. The van der Waals surface area contributed by atoms with Crippen molar-refractivity contribution < 1.29 is 4.79 Å². The molecule has 3 N–H and O–H groups in total. The first kappa shape index (κ1) is 23.4. The molecule has 0 aromatic rings. The maximum atomic E-state index is 12.4. The van der Waals surface area contributed by atoms with Gasteiger partial charge in [0.05, 0.1) is 0 Å². The minimum absolute atomic E-state index is 0. The number of nitrogens with one attached hydrogen (secondary N) is 1. The van der Waals surface area contributed by atoms with Crippen LogP contribution in [0.3, 0.4) is 0 Å². The zero-order valence-corrected chi connectivity index (χ0v) is 17.7. The Morgan fingerprint density at radius 1 is 1.08 bits per heavy atom. The number of hydrogen-bond acceptors (Lipinski definition) is 4. The smallest absolute Gasteiger partial charge is 0.220 e. The maximum absolute atomic E-state index is 12.4. The summed E-state index contributed by atoms with van der Waals surface area (Å²) in [5.74, 6) is 3.12. The van der Waals surface area contributed by atoms with Gasteiger partial charge in [0.25, 0.3) is 0 Å². The molecule has 3 fully saturated rings. The molecule has 3 aliphatic rings. The van der Waals surface area contributed by atoms with Crippen molar-refractivity contribution in [1.82, 2.24) is 10.2 Å². The third-order valence-electron chi connectivity index (χ3n) is 6.25. The van der Waals surface area contributed by atoms with Gasteiger partial charge in [-0.15, -0.1) is 24.8 Å². The van der Waals surface area contributed by atoms with Gasteiger partial charge < -0.3 is 11.1 Å². The third kappa shape index (κ3) is 6.17. The summed E-state index contributed by atoms with van der Waals surface area (Å²) in [4.78, 5) is 15.1. The fourth-order valence-corrected chi connectivity index (χ4v) is 5.65. The van der Waals surface area contributed by atoms with Gasteiger partial charge in [-0.2, -0.15) is 11.8 Å². The fraction of sp³-hybridized carbons (Fsp3) is 0.944. The van der Waals surface area contributed by atoms with Gasteiger partial charge >= 0.3 is 0 Å². The van der Waals surface area contributed by atoms with Crippen molar-refractivity contribution in [3.63, 3.8) is 0 Å². The van der Waals surface area contributed by atoms with Crippen molar-refractivity contribution in [3.05, 3.63) is 0 Å². The van der Waals surface area contributed by atoms with Gasteiger partial charge in [0.15, 0.2) is 0 Å². The Morgan fingerprint density at radius 2 is 1.76 bits per heavy atom. The number of thioether (sulfide) groups is 1. The number of carbonyl (C=O) groups is 1. The van der Waals surface area contributed by atoms with E-state index >= 15 is 0 Å². The second-order valence-electron chi connectivity index (χ2n) is 7.72. The first-order chi connectivity index (χ1) is 11.2. The molecule has 0 aromatic carbocycles. The topological polar surface area (TPSA) is 58.4 Å². The molecule has 1 heterocycles. The van der Waals surface area contributed by atoms with Crippen molar-refractivity contribution in [2.75, 3.05) is 31.1 Å². The molecule has 0 radical (unpaired) electrons. The van der Waals surface area contributed by atoms with Crippen LogP contribution in [0.5, 0.6) is 0 Å². The summed E-state index contributed by atoms with van der Waals surface area (Å²) in [6.45, 7) is 3.22. The Bertz CT molecular complexity index is 402. The molecule has 1 saturated heterocycles. The Labute approximate surface area is 169 Å². The monoisotopic (exact) mass is 411 g/mol. The van der Waals surface area contributed by atoms with E-state index in [-0.39, 0.29) is 42.3 Å². The lowest BCUT2D eigenvalue weighted by molar-refractivity contribution is -0.123. The largest absolute Gasteiger partial charge is 0.354 e. The Kier molecular flexibility index (Phi) is 10.5. The van der Waals surface area contributed by atoms with E-state index in [2.05, 4.69) is 22.0 Å². The number of carbonyl (C=O) groups excluding carboxylic acids is 1. The van der Waals surface area contributed by atoms with E-state index in [1.54, 1.807) is 0 Å². The van der Waals surface area contributed by atoms with Crippen LogP contribution in [0.1, 0.15) is 57.8 Å². The van der Waals surface area contributed by atoms with Crippen LogP contribution in [-0.2, 0) is 4.79 Å². The van der Waals surface area contributed by atoms with E-state index in [1.807, 2.05) is 0 Å².